The highest BCUT2D eigenvalue weighted by atomic mass is 16.4. The van der Waals surface area contributed by atoms with Crippen LogP contribution >= 0.6 is 0 Å². The normalized spacial score (nSPS) is 12.2. The van der Waals surface area contributed by atoms with Crippen LogP contribution in [-0.4, -0.2) is 34.1 Å². The van der Waals surface area contributed by atoms with Gasteiger partial charge in [0.2, 0.25) is 5.91 Å². The van der Waals surface area contributed by atoms with Crippen LogP contribution in [-0.2, 0) is 14.4 Å². The molecule has 0 aromatic heterocycles. The quantitative estimate of drug-likeness (QED) is 0.584. The van der Waals surface area contributed by atoms with Gasteiger partial charge in [0.15, 0.2) is 0 Å². The number of rotatable bonds is 6. The van der Waals surface area contributed by atoms with E-state index in [4.69, 9.17) is 10.2 Å². The fraction of sp³-hybridized carbons (Fsp3) is 0.667. The maximum atomic E-state index is 11.2. The van der Waals surface area contributed by atoms with E-state index in [2.05, 4.69) is 5.32 Å². The monoisotopic (exact) mass is 217 g/mol. The molecule has 0 aromatic carbocycles. The molecular weight excluding hydrogens is 202 g/mol. The summed E-state index contributed by atoms with van der Waals surface area (Å²) >= 11 is 0. The first-order chi connectivity index (χ1) is 6.84. The second-order valence-electron chi connectivity index (χ2n) is 3.49. The summed E-state index contributed by atoms with van der Waals surface area (Å²) in [5, 5.41) is 19.4. The molecule has 0 aliphatic rings. The van der Waals surface area contributed by atoms with Gasteiger partial charge in [-0.25, -0.2) is 4.79 Å². The van der Waals surface area contributed by atoms with Gasteiger partial charge in [0.1, 0.15) is 6.04 Å². The Balaban J connectivity index is 4.22. The van der Waals surface area contributed by atoms with E-state index in [-0.39, 0.29) is 18.8 Å². The van der Waals surface area contributed by atoms with Crippen molar-refractivity contribution in [1.29, 1.82) is 0 Å². The zero-order chi connectivity index (χ0) is 12.0. The maximum Gasteiger partial charge on any atom is 0.326 e. The van der Waals surface area contributed by atoms with Crippen molar-refractivity contribution in [2.75, 3.05) is 0 Å². The largest absolute Gasteiger partial charge is 0.481 e. The van der Waals surface area contributed by atoms with Gasteiger partial charge in [0.05, 0.1) is 0 Å². The van der Waals surface area contributed by atoms with Gasteiger partial charge in [0.25, 0.3) is 0 Å². The summed E-state index contributed by atoms with van der Waals surface area (Å²) < 4.78 is 0. The molecule has 0 saturated carbocycles. The molecule has 0 rings (SSSR count). The highest BCUT2D eigenvalue weighted by molar-refractivity contribution is 5.84. The number of carbonyl (C=O) groups is 3. The van der Waals surface area contributed by atoms with Crippen LogP contribution in [0.5, 0.6) is 0 Å². The number of amides is 1. The molecule has 3 N–H and O–H groups in total. The van der Waals surface area contributed by atoms with Crippen molar-refractivity contribution < 1.29 is 24.6 Å². The number of carbonyl (C=O) groups excluding carboxylic acids is 1. The second-order valence-corrected chi connectivity index (χ2v) is 3.49. The molecule has 15 heavy (non-hydrogen) atoms. The maximum absolute atomic E-state index is 11.2. The summed E-state index contributed by atoms with van der Waals surface area (Å²) in [7, 11) is 0. The molecule has 0 aliphatic heterocycles. The highest BCUT2D eigenvalue weighted by Gasteiger charge is 2.21. The van der Waals surface area contributed by atoms with Crippen molar-refractivity contribution in [3.8, 4) is 0 Å². The van der Waals surface area contributed by atoms with Gasteiger partial charge in [-0.2, -0.15) is 0 Å². The van der Waals surface area contributed by atoms with Crippen LogP contribution in [0.1, 0.15) is 26.7 Å². The molecule has 0 saturated heterocycles. The number of hydrogen-bond acceptors (Lipinski definition) is 3. The van der Waals surface area contributed by atoms with E-state index in [1.807, 2.05) is 0 Å². The number of aliphatic carboxylic acids is 2. The third kappa shape index (κ3) is 5.66. The van der Waals surface area contributed by atoms with E-state index in [1.54, 1.807) is 13.8 Å². The average molecular weight is 217 g/mol. The minimum atomic E-state index is -1.22. The SMILES string of the molecule is CC(C)C(=O)NC(CCC(=O)O)C(=O)O. The summed E-state index contributed by atoms with van der Waals surface area (Å²) in [6, 6.07) is -1.13. The van der Waals surface area contributed by atoms with E-state index in [1.165, 1.54) is 0 Å². The predicted octanol–water partition coefficient (Wildman–Crippen LogP) is 0.0766. The van der Waals surface area contributed by atoms with Gasteiger partial charge >= 0.3 is 11.9 Å². The van der Waals surface area contributed by atoms with Crippen LogP contribution in [0, 0.1) is 5.92 Å². The van der Waals surface area contributed by atoms with Gasteiger partial charge in [-0.3, -0.25) is 9.59 Å². The van der Waals surface area contributed by atoms with Gasteiger partial charge in [-0.15, -0.1) is 0 Å². The molecule has 1 unspecified atom stereocenters. The third-order valence-electron chi connectivity index (χ3n) is 1.79. The Hall–Kier alpha value is -1.59. The van der Waals surface area contributed by atoms with E-state index in [0.29, 0.717) is 0 Å². The van der Waals surface area contributed by atoms with Crippen molar-refractivity contribution >= 4 is 17.8 Å². The molecule has 86 valence electrons. The summed E-state index contributed by atoms with van der Waals surface area (Å²) in [5.41, 5.74) is 0. The standard InChI is InChI=1S/C9H15NO5/c1-5(2)8(13)10-6(9(14)15)3-4-7(11)12/h5-6H,3-4H2,1-2H3,(H,10,13)(H,11,12)(H,14,15). The minimum absolute atomic E-state index is 0.108. The second kappa shape index (κ2) is 6.00. The first-order valence-electron chi connectivity index (χ1n) is 4.59. The van der Waals surface area contributed by atoms with Crippen LogP contribution in [0.4, 0.5) is 0 Å². The Bertz CT molecular complexity index is 261. The molecule has 0 spiro atoms. The summed E-state index contributed by atoms with van der Waals surface area (Å²) in [5.74, 6) is -3.02. The number of carboxylic acid groups (broad SMARTS) is 2. The van der Waals surface area contributed by atoms with E-state index in [9.17, 15) is 14.4 Å². The van der Waals surface area contributed by atoms with Crippen molar-refractivity contribution in [2.45, 2.75) is 32.7 Å². The molecule has 6 heteroatoms. The summed E-state index contributed by atoms with van der Waals surface area (Å²) in [6.45, 7) is 3.26. The molecular formula is C9H15NO5. The molecule has 0 radical (unpaired) electrons. The lowest BCUT2D eigenvalue weighted by Crippen LogP contribution is -2.42. The Morgan fingerprint density at radius 3 is 2.07 bits per heavy atom. The van der Waals surface area contributed by atoms with Crippen LogP contribution in [0.25, 0.3) is 0 Å². The van der Waals surface area contributed by atoms with Crippen molar-refractivity contribution in [3.05, 3.63) is 0 Å². The molecule has 0 fully saturated rings. The third-order valence-corrected chi connectivity index (χ3v) is 1.79. The van der Waals surface area contributed by atoms with E-state index < -0.39 is 23.9 Å². The first kappa shape index (κ1) is 13.4. The molecule has 0 bridgehead atoms. The molecule has 0 heterocycles. The smallest absolute Gasteiger partial charge is 0.326 e. The number of hydrogen-bond donors (Lipinski definition) is 3. The topological polar surface area (TPSA) is 104 Å². The van der Waals surface area contributed by atoms with Gasteiger partial charge in [-0.05, 0) is 6.42 Å². The molecule has 1 atom stereocenters. The van der Waals surface area contributed by atoms with Crippen molar-refractivity contribution in [3.63, 3.8) is 0 Å². The van der Waals surface area contributed by atoms with Crippen molar-refractivity contribution in [1.82, 2.24) is 5.32 Å². The number of carboxylic acids is 2. The minimum Gasteiger partial charge on any atom is -0.481 e. The van der Waals surface area contributed by atoms with Gasteiger partial charge in [0, 0.05) is 12.3 Å². The molecule has 0 aliphatic carbocycles. The zero-order valence-electron chi connectivity index (χ0n) is 8.69. The van der Waals surface area contributed by atoms with E-state index in [0.717, 1.165) is 0 Å². The van der Waals surface area contributed by atoms with Crippen molar-refractivity contribution in [2.24, 2.45) is 5.92 Å². The fourth-order valence-corrected chi connectivity index (χ4v) is 0.864. The Morgan fingerprint density at radius 2 is 1.73 bits per heavy atom. The van der Waals surface area contributed by atoms with Gasteiger partial charge in [-0.1, -0.05) is 13.8 Å². The lowest BCUT2D eigenvalue weighted by molar-refractivity contribution is -0.143. The fourth-order valence-electron chi connectivity index (χ4n) is 0.864. The van der Waals surface area contributed by atoms with Gasteiger partial charge < -0.3 is 15.5 Å². The molecule has 1 amide bonds. The van der Waals surface area contributed by atoms with Crippen LogP contribution < -0.4 is 5.32 Å². The lowest BCUT2D eigenvalue weighted by Gasteiger charge is -2.14. The summed E-state index contributed by atoms with van der Waals surface area (Å²) in [4.78, 5) is 32.1. The van der Waals surface area contributed by atoms with Crippen LogP contribution in [0.15, 0.2) is 0 Å². The summed E-state index contributed by atoms with van der Waals surface area (Å²) in [6.07, 6.45) is -0.390. The Kier molecular flexibility index (Phi) is 5.36. The predicted molar refractivity (Wildman–Crippen MR) is 51.3 cm³/mol. The Morgan fingerprint density at radius 1 is 1.20 bits per heavy atom. The first-order valence-corrected chi connectivity index (χ1v) is 4.59. The molecule has 6 nitrogen and oxygen atoms in total. The van der Waals surface area contributed by atoms with E-state index >= 15 is 0 Å². The van der Waals surface area contributed by atoms with Crippen LogP contribution in [0.3, 0.4) is 0 Å². The lowest BCUT2D eigenvalue weighted by atomic mass is 10.1. The van der Waals surface area contributed by atoms with Crippen LogP contribution in [0.2, 0.25) is 0 Å². The Labute approximate surface area is 87.3 Å². The zero-order valence-corrected chi connectivity index (χ0v) is 8.69. The number of nitrogens with one attached hydrogen (secondary N) is 1. The molecule has 0 aromatic rings. The highest BCUT2D eigenvalue weighted by Crippen LogP contribution is 2.00. The average Bonchev–Trinajstić information content (AvgIpc) is 2.10.